The van der Waals surface area contributed by atoms with E-state index in [0.717, 1.165) is 31.0 Å². The Bertz CT molecular complexity index is 755. The monoisotopic (exact) mass is 328 g/mol. The van der Waals surface area contributed by atoms with E-state index in [1.54, 1.807) is 0 Å². The molecular weight excluding hydrogens is 304 g/mol. The van der Waals surface area contributed by atoms with Crippen LogP contribution in [0.2, 0.25) is 0 Å². The highest BCUT2D eigenvalue weighted by molar-refractivity contribution is 5.80. The number of hydrogen-bond donors (Lipinski definition) is 1. The Morgan fingerprint density at radius 2 is 2.12 bits per heavy atom. The van der Waals surface area contributed by atoms with Crippen LogP contribution in [0.25, 0.3) is 11.0 Å². The van der Waals surface area contributed by atoms with Crippen molar-refractivity contribution >= 4 is 16.9 Å². The predicted octanol–water partition coefficient (Wildman–Crippen LogP) is 1.56. The van der Waals surface area contributed by atoms with Gasteiger partial charge in [0.25, 0.3) is 0 Å². The molecular formula is C18H24N4O2. The van der Waals surface area contributed by atoms with E-state index in [4.69, 9.17) is 9.72 Å². The topological polar surface area (TPSA) is 59.4 Å². The fraction of sp³-hybridized carbons (Fsp3) is 0.556. The Hall–Kier alpha value is -1.92. The van der Waals surface area contributed by atoms with Gasteiger partial charge in [-0.05, 0) is 26.0 Å². The molecule has 1 aromatic heterocycles. The summed E-state index contributed by atoms with van der Waals surface area (Å²) in [6.45, 7) is 7.78. The first-order valence-electron chi connectivity index (χ1n) is 8.68. The number of carbonyl (C=O) groups is 1. The van der Waals surface area contributed by atoms with Crippen LogP contribution >= 0.6 is 0 Å². The number of fused-ring (bicyclic) bond motifs is 4. The summed E-state index contributed by atoms with van der Waals surface area (Å²) in [7, 11) is 0. The van der Waals surface area contributed by atoms with Crippen molar-refractivity contribution in [3.05, 3.63) is 30.1 Å². The van der Waals surface area contributed by atoms with E-state index < -0.39 is 0 Å². The highest BCUT2D eigenvalue weighted by atomic mass is 16.5. The molecule has 0 radical (unpaired) electrons. The second-order valence-corrected chi connectivity index (χ2v) is 7.11. The maximum Gasteiger partial charge on any atom is 0.227 e. The molecule has 0 aliphatic carbocycles. The number of para-hydroxylation sites is 2. The molecule has 2 aliphatic heterocycles. The molecule has 1 N–H and O–H groups in total. The Kier molecular flexibility index (Phi) is 4.02. The summed E-state index contributed by atoms with van der Waals surface area (Å²) in [6, 6.07) is 8.70. The predicted molar refractivity (Wildman–Crippen MR) is 91.6 cm³/mol. The zero-order valence-corrected chi connectivity index (χ0v) is 14.2. The molecule has 2 bridgehead atoms. The molecule has 6 nitrogen and oxygen atoms in total. The highest BCUT2D eigenvalue weighted by Crippen LogP contribution is 2.23. The molecule has 2 aliphatic rings. The second kappa shape index (κ2) is 6.18. The number of hydrogen-bond acceptors (Lipinski definition) is 4. The summed E-state index contributed by atoms with van der Waals surface area (Å²) >= 11 is 0. The zero-order chi connectivity index (χ0) is 16.7. The van der Waals surface area contributed by atoms with E-state index >= 15 is 0 Å². The van der Waals surface area contributed by atoms with Crippen molar-refractivity contribution in [3.8, 4) is 0 Å². The Labute approximate surface area is 141 Å². The van der Waals surface area contributed by atoms with Crippen LogP contribution in [0.15, 0.2) is 24.3 Å². The summed E-state index contributed by atoms with van der Waals surface area (Å²) in [4.78, 5) is 19.4. The van der Waals surface area contributed by atoms with Gasteiger partial charge in [0.15, 0.2) is 0 Å². The molecule has 2 saturated heterocycles. The fourth-order valence-corrected chi connectivity index (χ4v) is 3.83. The molecule has 4 rings (SSSR count). The summed E-state index contributed by atoms with van der Waals surface area (Å²) in [5.74, 6) is 1.10. The molecule has 6 heteroatoms. The number of benzene rings is 1. The first-order chi connectivity index (χ1) is 11.6. The average Bonchev–Trinajstić information content (AvgIpc) is 2.70. The number of nitrogens with zero attached hydrogens (tertiary/aromatic N) is 3. The molecule has 0 unspecified atom stereocenters. The minimum Gasteiger partial charge on any atom is -0.378 e. The first kappa shape index (κ1) is 15.6. The lowest BCUT2D eigenvalue weighted by Crippen LogP contribution is -2.42. The number of nitrogens with one attached hydrogen (secondary N) is 1. The number of ether oxygens (including phenoxy) is 1. The van der Waals surface area contributed by atoms with Gasteiger partial charge in [-0.2, -0.15) is 0 Å². The van der Waals surface area contributed by atoms with Crippen molar-refractivity contribution in [2.75, 3.05) is 26.3 Å². The smallest absolute Gasteiger partial charge is 0.227 e. The van der Waals surface area contributed by atoms with Crippen LogP contribution in [0, 0.1) is 5.92 Å². The lowest BCUT2D eigenvalue weighted by atomic mass is 10.1. The van der Waals surface area contributed by atoms with Crippen LogP contribution in [0.1, 0.15) is 25.7 Å². The Balaban J connectivity index is 1.64. The number of imidazole rings is 1. The van der Waals surface area contributed by atoms with Crippen molar-refractivity contribution < 1.29 is 9.53 Å². The standard InChI is InChI=1S/C18H24N4O2/c1-12(2)22-16-6-4-3-5-15(16)20-17(22)9-21-7-13-10-24-11-14(8-21)19-18(13)23/h3-6,12-14H,7-11H2,1-2H3,(H,19,23)/t13-,14+/m1/s1. The number of rotatable bonds is 3. The highest BCUT2D eigenvalue weighted by Gasteiger charge is 2.33. The third kappa shape index (κ3) is 2.80. The third-order valence-electron chi connectivity index (χ3n) is 4.86. The Morgan fingerprint density at radius 1 is 1.29 bits per heavy atom. The SMILES string of the molecule is CC(C)n1c(CN2C[C@H]3COC[C@@H](C2)C(=O)N3)nc2ccccc21. The molecule has 2 aromatic rings. The van der Waals surface area contributed by atoms with Gasteiger partial charge in [-0.3, -0.25) is 9.69 Å². The quantitative estimate of drug-likeness (QED) is 0.929. The summed E-state index contributed by atoms with van der Waals surface area (Å²) < 4.78 is 7.92. The van der Waals surface area contributed by atoms with Gasteiger partial charge in [0.2, 0.25) is 5.91 Å². The van der Waals surface area contributed by atoms with Crippen molar-refractivity contribution in [1.82, 2.24) is 19.8 Å². The van der Waals surface area contributed by atoms with Gasteiger partial charge in [0.1, 0.15) is 5.82 Å². The second-order valence-electron chi connectivity index (χ2n) is 7.11. The van der Waals surface area contributed by atoms with E-state index in [9.17, 15) is 4.79 Å². The normalized spacial score (nSPS) is 25.0. The van der Waals surface area contributed by atoms with Gasteiger partial charge in [-0.15, -0.1) is 0 Å². The van der Waals surface area contributed by atoms with Gasteiger partial charge >= 0.3 is 0 Å². The number of carbonyl (C=O) groups excluding carboxylic acids is 1. The molecule has 1 aromatic carbocycles. The molecule has 2 fully saturated rings. The van der Waals surface area contributed by atoms with Crippen LogP contribution in [-0.4, -0.2) is 52.7 Å². The van der Waals surface area contributed by atoms with Crippen molar-refractivity contribution in [1.29, 1.82) is 0 Å². The van der Waals surface area contributed by atoms with Crippen LogP contribution in [0.3, 0.4) is 0 Å². The lowest BCUT2D eigenvalue weighted by molar-refractivity contribution is -0.125. The van der Waals surface area contributed by atoms with E-state index in [-0.39, 0.29) is 17.9 Å². The molecule has 1 amide bonds. The zero-order valence-electron chi connectivity index (χ0n) is 14.2. The molecule has 0 spiro atoms. The molecule has 3 heterocycles. The van der Waals surface area contributed by atoms with Crippen molar-refractivity contribution in [2.45, 2.75) is 32.5 Å². The summed E-state index contributed by atoms with van der Waals surface area (Å²) in [6.07, 6.45) is 0. The molecule has 24 heavy (non-hydrogen) atoms. The Morgan fingerprint density at radius 3 is 2.96 bits per heavy atom. The maximum atomic E-state index is 12.2. The minimum absolute atomic E-state index is 0.0712. The van der Waals surface area contributed by atoms with Gasteiger partial charge < -0.3 is 14.6 Å². The largest absolute Gasteiger partial charge is 0.378 e. The lowest BCUT2D eigenvalue weighted by Gasteiger charge is -2.27. The first-order valence-corrected chi connectivity index (χ1v) is 8.68. The van der Waals surface area contributed by atoms with Gasteiger partial charge in [-0.25, -0.2) is 4.98 Å². The fourth-order valence-electron chi connectivity index (χ4n) is 3.83. The van der Waals surface area contributed by atoms with E-state index in [0.29, 0.717) is 19.3 Å². The molecule has 2 atom stereocenters. The summed E-state index contributed by atoms with van der Waals surface area (Å²) in [5.41, 5.74) is 2.21. The van der Waals surface area contributed by atoms with Crippen molar-refractivity contribution in [3.63, 3.8) is 0 Å². The van der Waals surface area contributed by atoms with Crippen LogP contribution in [0.5, 0.6) is 0 Å². The molecule has 0 saturated carbocycles. The van der Waals surface area contributed by atoms with Crippen LogP contribution in [-0.2, 0) is 16.1 Å². The van der Waals surface area contributed by atoms with Crippen LogP contribution < -0.4 is 5.32 Å². The van der Waals surface area contributed by atoms with E-state index in [1.807, 2.05) is 6.07 Å². The van der Waals surface area contributed by atoms with Crippen LogP contribution in [0.4, 0.5) is 0 Å². The maximum absolute atomic E-state index is 12.2. The van der Waals surface area contributed by atoms with E-state index in [2.05, 4.69) is 46.8 Å². The van der Waals surface area contributed by atoms with Crippen molar-refractivity contribution in [2.24, 2.45) is 5.92 Å². The van der Waals surface area contributed by atoms with Gasteiger partial charge in [0, 0.05) is 19.1 Å². The molecule has 128 valence electrons. The minimum atomic E-state index is -0.0885. The van der Waals surface area contributed by atoms with E-state index in [1.165, 1.54) is 5.52 Å². The van der Waals surface area contributed by atoms with Gasteiger partial charge in [0.05, 0.1) is 42.8 Å². The number of aromatic nitrogens is 2. The number of amides is 1. The third-order valence-corrected chi connectivity index (χ3v) is 4.86. The summed E-state index contributed by atoms with van der Waals surface area (Å²) in [5, 5.41) is 3.09. The van der Waals surface area contributed by atoms with Gasteiger partial charge in [-0.1, -0.05) is 12.1 Å². The average molecular weight is 328 g/mol.